The Balaban J connectivity index is 1.41. The van der Waals surface area contributed by atoms with Crippen LogP contribution in [0.2, 0.25) is 0 Å². The van der Waals surface area contributed by atoms with Crippen LogP contribution in [0.3, 0.4) is 0 Å². The van der Waals surface area contributed by atoms with Crippen LogP contribution < -0.4 is 10.1 Å². The molecule has 2 aliphatic heterocycles. The Morgan fingerprint density at radius 2 is 2.00 bits per heavy atom. The van der Waals surface area contributed by atoms with Gasteiger partial charge in [-0.3, -0.25) is 9.89 Å². The standard InChI is InChI=1S/C21H34N4O2/c1-17-4-6-20(7-5-17)27-18(2)14-23-21(22-3)25-9-8-19(16-25)15-24-10-12-26-13-11-24/h4-7,18-19H,8-16H2,1-3H3,(H,22,23). The Kier molecular flexibility index (Phi) is 7.35. The van der Waals surface area contributed by atoms with E-state index in [4.69, 9.17) is 9.47 Å². The number of hydrogen-bond acceptors (Lipinski definition) is 4. The summed E-state index contributed by atoms with van der Waals surface area (Å²) in [6.45, 7) is 12.1. The average Bonchev–Trinajstić information content (AvgIpc) is 3.13. The number of aliphatic imine (C=N–C) groups is 1. The molecule has 27 heavy (non-hydrogen) atoms. The molecule has 6 nitrogen and oxygen atoms in total. The topological polar surface area (TPSA) is 49.3 Å². The molecule has 2 atom stereocenters. The van der Waals surface area contributed by atoms with Crippen LogP contribution in [0.5, 0.6) is 5.75 Å². The minimum atomic E-state index is 0.0798. The molecule has 1 aromatic carbocycles. The molecule has 2 aliphatic rings. The van der Waals surface area contributed by atoms with Gasteiger partial charge in [0.1, 0.15) is 11.9 Å². The summed E-state index contributed by atoms with van der Waals surface area (Å²) in [7, 11) is 1.86. The van der Waals surface area contributed by atoms with Gasteiger partial charge in [-0.25, -0.2) is 0 Å². The van der Waals surface area contributed by atoms with Gasteiger partial charge in [0.05, 0.1) is 19.8 Å². The average molecular weight is 375 g/mol. The minimum absolute atomic E-state index is 0.0798. The lowest BCUT2D eigenvalue weighted by Gasteiger charge is -2.29. The first-order valence-corrected chi connectivity index (χ1v) is 10.1. The highest BCUT2D eigenvalue weighted by atomic mass is 16.5. The van der Waals surface area contributed by atoms with Gasteiger partial charge in [-0.1, -0.05) is 17.7 Å². The first kappa shape index (κ1) is 20.0. The van der Waals surface area contributed by atoms with E-state index in [-0.39, 0.29) is 6.10 Å². The normalized spacial score (nSPS) is 22.7. The number of nitrogens with zero attached hydrogens (tertiary/aromatic N) is 3. The number of nitrogens with one attached hydrogen (secondary N) is 1. The van der Waals surface area contributed by atoms with Crippen molar-refractivity contribution in [1.82, 2.24) is 15.1 Å². The maximum Gasteiger partial charge on any atom is 0.193 e. The second-order valence-corrected chi connectivity index (χ2v) is 7.68. The fourth-order valence-corrected chi connectivity index (χ4v) is 3.78. The molecule has 3 rings (SSSR count). The lowest BCUT2D eigenvalue weighted by atomic mass is 10.1. The Bertz CT molecular complexity index is 599. The molecule has 1 aromatic rings. The van der Waals surface area contributed by atoms with Crippen molar-refractivity contribution in [1.29, 1.82) is 0 Å². The molecule has 0 radical (unpaired) electrons. The number of morpholine rings is 1. The third kappa shape index (κ3) is 6.11. The number of guanidine groups is 1. The molecule has 0 aliphatic carbocycles. The quantitative estimate of drug-likeness (QED) is 0.610. The fraction of sp³-hybridized carbons (Fsp3) is 0.667. The van der Waals surface area contributed by atoms with Gasteiger partial charge < -0.3 is 19.7 Å². The molecule has 2 saturated heterocycles. The number of rotatable bonds is 6. The monoisotopic (exact) mass is 374 g/mol. The van der Waals surface area contributed by atoms with Gasteiger partial charge in [0.15, 0.2) is 5.96 Å². The van der Waals surface area contributed by atoms with Crippen LogP contribution in [0, 0.1) is 12.8 Å². The third-order valence-electron chi connectivity index (χ3n) is 5.32. The van der Waals surface area contributed by atoms with Crippen LogP contribution in [0.4, 0.5) is 0 Å². The summed E-state index contributed by atoms with van der Waals surface area (Å²) in [6.07, 6.45) is 1.31. The van der Waals surface area contributed by atoms with Crippen molar-refractivity contribution in [2.45, 2.75) is 26.4 Å². The molecule has 6 heteroatoms. The maximum atomic E-state index is 5.99. The Morgan fingerprint density at radius 1 is 1.26 bits per heavy atom. The summed E-state index contributed by atoms with van der Waals surface area (Å²) < 4.78 is 11.4. The molecule has 2 fully saturated rings. The van der Waals surface area contributed by atoms with Crippen LogP contribution in [0.15, 0.2) is 29.3 Å². The summed E-state index contributed by atoms with van der Waals surface area (Å²) >= 11 is 0. The number of ether oxygens (including phenoxy) is 2. The number of hydrogen-bond donors (Lipinski definition) is 1. The first-order valence-electron chi connectivity index (χ1n) is 10.1. The molecule has 2 heterocycles. The van der Waals surface area contributed by atoms with E-state index in [0.717, 1.165) is 57.6 Å². The van der Waals surface area contributed by atoms with Crippen molar-refractivity contribution in [3.8, 4) is 5.75 Å². The summed E-state index contributed by atoms with van der Waals surface area (Å²) in [6, 6.07) is 8.20. The smallest absolute Gasteiger partial charge is 0.193 e. The van der Waals surface area contributed by atoms with Gasteiger partial charge >= 0.3 is 0 Å². The highest BCUT2D eigenvalue weighted by Crippen LogP contribution is 2.18. The van der Waals surface area contributed by atoms with Gasteiger partial charge in [-0.15, -0.1) is 0 Å². The van der Waals surface area contributed by atoms with E-state index in [2.05, 4.69) is 46.1 Å². The summed E-state index contributed by atoms with van der Waals surface area (Å²) in [5, 5.41) is 3.48. The van der Waals surface area contributed by atoms with Gasteiger partial charge in [0, 0.05) is 39.8 Å². The molecule has 0 bridgehead atoms. The van der Waals surface area contributed by atoms with E-state index >= 15 is 0 Å². The summed E-state index contributed by atoms with van der Waals surface area (Å²) in [4.78, 5) is 9.40. The van der Waals surface area contributed by atoms with E-state index < -0.39 is 0 Å². The number of benzene rings is 1. The van der Waals surface area contributed by atoms with Gasteiger partial charge in [-0.05, 0) is 38.3 Å². The van der Waals surface area contributed by atoms with Gasteiger partial charge in [0.2, 0.25) is 0 Å². The van der Waals surface area contributed by atoms with Crippen LogP contribution in [-0.4, -0.2) is 81.4 Å². The highest BCUT2D eigenvalue weighted by molar-refractivity contribution is 5.80. The zero-order valence-corrected chi connectivity index (χ0v) is 17.0. The molecular weight excluding hydrogens is 340 g/mol. The van der Waals surface area contributed by atoms with E-state index in [1.54, 1.807) is 0 Å². The van der Waals surface area contributed by atoms with E-state index in [1.807, 2.05) is 19.2 Å². The Labute approximate surface area is 163 Å². The second kappa shape index (κ2) is 9.95. The predicted octanol–water partition coefficient (Wildman–Crippen LogP) is 1.99. The van der Waals surface area contributed by atoms with Crippen LogP contribution in [0.25, 0.3) is 0 Å². The molecule has 150 valence electrons. The molecule has 2 unspecified atom stereocenters. The molecule has 0 spiro atoms. The number of likely N-dealkylation sites (tertiary alicyclic amines) is 1. The van der Waals surface area contributed by atoms with Crippen LogP contribution >= 0.6 is 0 Å². The van der Waals surface area contributed by atoms with E-state index in [9.17, 15) is 0 Å². The zero-order valence-electron chi connectivity index (χ0n) is 17.0. The molecule has 0 aromatic heterocycles. The molecule has 0 saturated carbocycles. The summed E-state index contributed by atoms with van der Waals surface area (Å²) in [5.74, 6) is 2.61. The fourth-order valence-electron chi connectivity index (χ4n) is 3.78. The predicted molar refractivity (Wildman–Crippen MR) is 110 cm³/mol. The largest absolute Gasteiger partial charge is 0.489 e. The van der Waals surface area contributed by atoms with Gasteiger partial charge in [-0.2, -0.15) is 0 Å². The van der Waals surface area contributed by atoms with Crippen molar-refractivity contribution in [3.05, 3.63) is 29.8 Å². The lowest BCUT2D eigenvalue weighted by molar-refractivity contribution is 0.0315. The molecule has 0 amide bonds. The maximum absolute atomic E-state index is 5.99. The Hall–Kier alpha value is -1.79. The SMILES string of the molecule is CN=C(NCC(C)Oc1ccc(C)cc1)N1CCC(CN2CCOCC2)C1. The lowest BCUT2D eigenvalue weighted by Crippen LogP contribution is -2.44. The van der Waals surface area contributed by atoms with Crippen molar-refractivity contribution in [3.63, 3.8) is 0 Å². The first-order chi connectivity index (χ1) is 13.1. The van der Waals surface area contributed by atoms with Crippen molar-refractivity contribution in [2.75, 3.05) is 59.5 Å². The van der Waals surface area contributed by atoms with Crippen LogP contribution in [0.1, 0.15) is 18.9 Å². The molecule has 1 N–H and O–H groups in total. The van der Waals surface area contributed by atoms with Crippen LogP contribution in [-0.2, 0) is 4.74 Å². The third-order valence-corrected chi connectivity index (χ3v) is 5.32. The second-order valence-electron chi connectivity index (χ2n) is 7.68. The Morgan fingerprint density at radius 3 is 2.70 bits per heavy atom. The van der Waals surface area contributed by atoms with Gasteiger partial charge in [0.25, 0.3) is 0 Å². The van der Waals surface area contributed by atoms with Crippen molar-refractivity contribution >= 4 is 5.96 Å². The molecular formula is C21H34N4O2. The highest BCUT2D eigenvalue weighted by Gasteiger charge is 2.27. The van der Waals surface area contributed by atoms with Crippen molar-refractivity contribution < 1.29 is 9.47 Å². The van der Waals surface area contributed by atoms with E-state index in [0.29, 0.717) is 5.92 Å². The van der Waals surface area contributed by atoms with E-state index in [1.165, 1.54) is 18.5 Å². The summed E-state index contributed by atoms with van der Waals surface area (Å²) in [5.41, 5.74) is 1.24. The number of aryl methyl sites for hydroxylation is 1. The van der Waals surface area contributed by atoms with Crippen molar-refractivity contribution in [2.24, 2.45) is 10.9 Å². The zero-order chi connectivity index (χ0) is 19.1. The minimum Gasteiger partial charge on any atom is -0.489 e.